The highest BCUT2D eigenvalue weighted by Crippen LogP contribution is 2.27. The Hall–Kier alpha value is -1.62. The van der Waals surface area contributed by atoms with Gasteiger partial charge in [0.15, 0.2) is 5.82 Å². The number of rotatable bonds is 3. The molecule has 0 aliphatic rings. The third-order valence-electron chi connectivity index (χ3n) is 2.80. The van der Waals surface area contributed by atoms with E-state index in [4.69, 9.17) is 11.6 Å². The lowest BCUT2D eigenvalue weighted by atomic mass is 10.2. The predicted molar refractivity (Wildman–Crippen MR) is 66.6 cm³/mol. The lowest BCUT2D eigenvalue weighted by Crippen LogP contribution is -2.04. The molecule has 0 unspecified atom stereocenters. The zero-order valence-corrected chi connectivity index (χ0v) is 10.7. The summed E-state index contributed by atoms with van der Waals surface area (Å²) in [6, 6.07) is 1.87. The second kappa shape index (κ2) is 4.94. The molecule has 0 saturated carbocycles. The van der Waals surface area contributed by atoms with Gasteiger partial charge in [0.1, 0.15) is 5.82 Å². The molecule has 0 amide bonds. The number of aromatic nitrogens is 2. The Kier molecular flexibility index (Phi) is 3.52. The number of benzene rings is 1. The summed E-state index contributed by atoms with van der Waals surface area (Å²) in [4.78, 5) is 0. The van der Waals surface area contributed by atoms with Crippen LogP contribution in [0.4, 0.5) is 14.5 Å². The van der Waals surface area contributed by atoms with Crippen LogP contribution >= 0.6 is 11.6 Å². The summed E-state index contributed by atoms with van der Waals surface area (Å²) in [5, 5.41) is 6.95. The van der Waals surface area contributed by atoms with Crippen LogP contribution in [-0.4, -0.2) is 9.78 Å². The average molecular weight is 272 g/mol. The van der Waals surface area contributed by atoms with Gasteiger partial charge in [0.2, 0.25) is 0 Å². The third-order valence-corrected chi connectivity index (χ3v) is 3.10. The summed E-state index contributed by atoms with van der Waals surface area (Å²) in [7, 11) is 1.82. The van der Waals surface area contributed by atoms with Gasteiger partial charge in [-0.3, -0.25) is 4.68 Å². The number of anilines is 1. The summed E-state index contributed by atoms with van der Waals surface area (Å²) < 4.78 is 28.1. The fourth-order valence-corrected chi connectivity index (χ4v) is 1.87. The van der Waals surface area contributed by atoms with Crippen LogP contribution < -0.4 is 5.32 Å². The topological polar surface area (TPSA) is 29.9 Å². The van der Waals surface area contributed by atoms with Gasteiger partial charge in [-0.05, 0) is 13.0 Å². The molecule has 2 aromatic rings. The van der Waals surface area contributed by atoms with Crippen LogP contribution in [0.3, 0.4) is 0 Å². The Morgan fingerprint density at radius 3 is 2.67 bits per heavy atom. The van der Waals surface area contributed by atoms with Gasteiger partial charge in [-0.15, -0.1) is 0 Å². The first kappa shape index (κ1) is 12.8. The monoisotopic (exact) mass is 271 g/mol. The van der Waals surface area contributed by atoms with Gasteiger partial charge in [0.05, 0.1) is 16.9 Å². The van der Waals surface area contributed by atoms with Gasteiger partial charge in [0, 0.05) is 30.9 Å². The molecular weight excluding hydrogens is 260 g/mol. The standard InChI is InChI=1S/C12H12ClF2N3/c1-7-8(6-17-18(7)2)5-16-12-10(13)3-9(14)4-11(12)15/h3-4,6,16H,5H2,1-2H3. The molecule has 0 aliphatic carbocycles. The van der Waals surface area contributed by atoms with Crippen LogP contribution in [-0.2, 0) is 13.6 Å². The smallest absolute Gasteiger partial charge is 0.150 e. The third kappa shape index (κ3) is 2.46. The van der Waals surface area contributed by atoms with E-state index in [2.05, 4.69) is 10.4 Å². The van der Waals surface area contributed by atoms with Crippen molar-refractivity contribution in [2.75, 3.05) is 5.32 Å². The second-order valence-corrected chi connectivity index (χ2v) is 4.38. The maximum Gasteiger partial charge on any atom is 0.150 e. The fourth-order valence-electron chi connectivity index (χ4n) is 1.61. The van der Waals surface area contributed by atoms with Crippen molar-refractivity contribution < 1.29 is 8.78 Å². The second-order valence-electron chi connectivity index (χ2n) is 3.98. The van der Waals surface area contributed by atoms with E-state index in [0.29, 0.717) is 6.54 Å². The average Bonchev–Trinajstić information content (AvgIpc) is 2.59. The molecule has 0 fully saturated rings. The van der Waals surface area contributed by atoms with E-state index in [-0.39, 0.29) is 10.7 Å². The first-order chi connectivity index (χ1) is 8.49. The van der Waals surface area contributed by atoms with E-state index >= 15 is 0 Å². The minimum absolute atomic E-state index is 0.0223. The van der Waals surface area contributed by atoms with E-state index in [1.54, 1.807) is 10.9 Å². The van der Waals surface area contributed by atoms with Crippen molar-refractivity contribution in [3.8, 4) is 0 Å². The number of hydrogen-bond donors (Lipinski definition) is 1. The van der Waals surface area contributed by atoms with Crippen LogP contribution in [0.1, 0.15) is 11.3 Å². The lowest BCUT2D eigenvalue weighted by Gasteiger charge is -2.09. The van der Waals surface area contributed by atoms with Gasteiger partial charge < -0.3 is 5.32 Å². The molecule has 0 atom stereocenters. The van der Waals surface area contributed by atoms with Gasteiger partial charge in [-0.25, -0.2) is 8.78 Å². The Labute approximate surface area is 108 Å². The van der Waals surface area contributed by atoms with E-state index in [1.807, 2.05) is 14.0 Å². The Morgan fingerprint density at radius 2 is 2.11 bits per heavy atom. The number of nitrogens with zero attached hydrogens (tertiary/aromatic N) is 2. The molecule has 2 rings (SSSR count). The minimum Gasteiger partial charge on any atom is -0.377 e. The van der Waals surface area contributed by atoms with Crippen LogP contribution in [0, 0.1) is 18.6 Å². The van der Waals surface area contributed by atoms with Gasteiger partial charge >= 0.3 is 0 Å². The molecule has 1 aromatic heterocycles. The van der Waals surface area contributed by atoms with Crippen LogP contribution in [0.2, 0.25) is 5.02 Å². The highest BCUT2D eigenvalue weighted by atomic mass is 35.5. The number of halogens is 3. The lowest BCUT2D eigenvalue weighted by molar-refractivity contribution is 0.585. The maximum absolute atomic E-state index is 13.5. The minimum atomic E-state index is -0.707. The van der Waals surface area contributed by atoms with Crippen molar-refractivity contribution in [1.29, 1.82) is 0 Å². The number of aryl methyl sites for hydroxylation is 1. The molecule has 0 aliphatic heterocycles. The largest absolute Gasteiger partial charge is 0.377 e. The zero-order valence-electron chi connectivity index (χ0n) is 9.97. The summed E-state index contributed by atoms with van der Waals surface area (Å²) in [5.41, 5.74) is 2.00. The molecule has 0 radical (unpaired) electrons. The molecule has 1 N–H and O–H groups in total. The Morgan fingerprint density at radius 1 is 1.39 bits per heavy atom. The van der Waals surface area contributed by atoms with E-state index in [9.17, 15) is 8.78 Å². The Bertz CT molecular complexity index is 558. The van der Waals surface area contributed by atoms with Gasteiger partial charge in [0.25, 0.3) is 0 Å². The molecular formula is C12H12ClF2N3. The van der Waals surface area contributed by atoms with E-state index < -0.39 is 11.6 Å². The van der Waals surface area contributed by atoms with Crippen molar-refractivity contribution in [2.24, 2.45) is 7.05 Å². The van der Waals surface area contributed by atoms with Crippen LogP contribution in [0.15, 0.2) is 18.3 Å². The number of nitrogens with one attached hydrogen (secondary N) is 1. The summed E-state index contributed by atoms with van der Waals surface area (Å²) >= 11 is 5.78. The van der Waals surface area contributed by atoms with E-state index in [0.717, 1.165) is 23.4 Å². The molecule has 0 saturated heterocycles. The van der Waals surface area contributed by atoms with Crippen LogP contribution in [0.25, 0.3) is 0 Å². The van der Waals surface area contributed by atoms with Crippen molar-refractivity contribution in [2.45, 2.75) is 13.5 Å². The molecule has 6 heteroatoms. The van der Waals surface area contributed by atoms with Gasteiger partial charge in [-0.1, -0.05) is 11.6 Å². The van der Waals surface area contributed by atoms with Crippen molar-refractivity contribution in [3.05, 3.63) is 46.2 Å². The highest BCUT2D eigenvalue weighted by molar-refractivity contribution is 6.33. The van der Waals surface area contributed by atoms with E-state index in [1.165, 1.54) is 0 Å². The van der Waals surface area contributed by atoms with Gasteiger partial charge in [-0.2, -0.15) is 5.10 Å². The summed E-state index contributed by atoms with van der Waals surface area (Å²) in [5.74, 6) is -1.40. The molecule has 3 nitrogen and oxygen atoms in total. The van der Waals surface area contributed by atoms with Crippen molar-refractivity contribution >= 4 is 17.3 Å². The quantitative estimate of drug-likeness (QED) is 0.928. The highest BCUT2D eigenvalue weighted by Gasteiger charge is 2.11. The van der Waals surface area contributed by atoms with Crippen molar-refractivity contribution in [3.63, 3.8) is 0 Å². The molecule has 0 bridgehead atoms. The first-order valence-corrected chi connectivity index (χ1v) is 5.72. The number of hydrogen-bond acceptors (Lipinski definition) is 2. The fraction of sp³-hybridized carbons (Fsp3) is 0.250. The summed E-state index contributed by atoms with van der Waals surface area (Å²) in [6.07, 6.45) is 1.69. The maximum atomic E-state index is 13.5. The predicted octanol–water partition coefficient (Wildman–Crippen LogP) is 3.27. The normalized spacial score (nSPS) is 10.7. The molecule has 0 spiro atoms. The van der Waals surface area contributed by atoms with Crippen molar-refractivity contribution in [1.82, 2.24) is 9.78 Å². The molecule has 96 valence electrons. The molecule has 18 heavy (non-hydrogen) atoms. The zero-order chi connectivity index (χ0) is 13.3. The summed E-state index contributed by atoms with van der Waals surface area (Å²) in [6.45, 7) is 2.29. The Balaban J connectivity index is 2.18. The molecule has 1 heterocycles. The van der Waals surface area contributed by atoms with Crippen LogP contribution in [0.5, 0.6) is 0 Å². The molecule has 1 aromatic carbocycles. The SMILES string of the molecule is Cc1c(CNc2c(F)cc(F)cc2Cl)cnn1C. The first-order valence-electron chi connectivity index (χ1n) is 5.35.